The van der Waals surface area contributed by atoms with Gasteiger partial charge in [-0.3, -0.25) is 4.68 Å². The molecule has 1 atom stereocenters. The number of aromatic nitrogens is 2. The molecule has 1 heterocycles. The van der Waals surface area contributed by atoms with Crippen LogP contribution in [0.3, 0.4) is 0 Å². The third-order valence-corrected chi connectivity index (χ3v) is 4.31. The van der Waals surface area contributed by atoms with Gasteiger partial charge in [-0.05, 0) is 32.3 Å². The summed E-state index contributed by atoms with van der Waals surface area (Å²) in [5, 5.41) is 14.8. The van der Waals surface area contributed by atoms with E-state index < -0.39 is 0 Å². The highest BCUT2D eigenvalue weighted by atomic mass is 16.3. The molecule has 1 aliphatic rings. The fourth-order valence-electron chi connectivity index (χ4n) is 3.35. The first kappa shape index (κ1) is 14.6. The van der Waals surface area contributed by atoms with Crippen molar-refractivity contribution in [1.29, 1.82) is 0 Å². The van der Waals surface area contributed by atoms with E-state index in [1.165, 1.54) is 44.2 Å². The van der Waals surface area contributed by atoms with E-state index in [-0.39, 0.29) is 6.10 Å². The Bertz CT molecular complexity index is 378. The molecule has 1 N–H and O–H groups in total. The highest BCUT2D eigenvalue weighted by Gasteiger charge is 2.18. The van der Waals surface area contributed by atoms with Crippen LogP contribution in [0.25, 0.3) is 0 Å². The SMILES string of the molecule is CCn1nc(C)cc1CC(O)CC1CCCCCC1. The van der Waals surface area contributed by atoms with Crippen LogP contribution in [0.15, 0.2) is 6.07 Å². The van der Waals surface area contributed by atoms with Crippen LogP contribution in [-0.2, 0) is 13.0 Å². The van der Waals surface area contributed by atoms with Gasteiger partial charge in [0.05, 0.1) is 11.8 Å². The number of rotatable bonds is 5. The molecule has 108 valence electrons. The fourth-order valence-corrected chi connectivity index (χ4v) is 3.35. The molecule has 1 aliphatic carbocycles. The van der Waals surface area contributed by atoms with E-state index in [9.17, 15) is 5.11 Å². The van der Waals surface area contributed by atoms with Crippen LogP contribution in [0, 0.1) is 12.8 Å². The van der Waals surface area contributed by atoms with E-state index in [2.05, 4.69) is 18.1 Å². The van der Waals surface area contributed by atoms with Gasteiger partial charge in [-0.25, -0.2) is 0 Å². The summed E-state index contributed by atoms with van der Waals surface area (Å²) < 4.78 is 2.02. The summed E-state index contributed by atoms with van der Waals surface area (Å²) in [5.41, 5.74) is 2.24. The lowest BCUT2D eigenvalue weighted by molar-refractivity contribution is 0.135. The third kappa shape index (κ3) is 4.34. The first-order valence-corrected chi connectivity index (χ1v) is 7.90. The molecule has 3 heteroatoms. The van der Waals surface area contributed by atoms with Gasteiger partial charge in [0.25, 0.3) is 0 Å². The Morgan fingerprint density at radius 3 is 2.63 bits per heavy atom. The van der Waals surface area contributed by atoms with E-state index in [4.69, 9.17) is 0 Å². The van der Waals surface area contributed by atoms with E-state index >= 15 is 0 Å². The summed E-state index contributed by atoms with van der Waals surface area (Å²) in [5.74, 6) is 0.733. The topological polar surface area (TPSA) is 38.0 Å². The molecule has 0 amide bonds. The lowest BCUT2D eigenvalue weighted by Gasteiger charge is -2.18. The van der Waals surface area contributed by atoms with Gasteiger partial charge < -0.3 is 5.11 Å². The minimum atomic E-state index is -0.204. The van der Waals surface area contributed by atoms with Crippen molar-refractivity contribution in [2.45, 2.75) is 77.9 Å². The predicted molar refractivity (Wildman–Crippen MR) is 78.2 cm³/mol. The number of nitrogens with zero attached hydrogens (tertiary/aromatic N) is 2. The quantitative estimate of drug-likeness (QED) is 0.827. The first-order valence-electron chi connectivity index (χ1n) is 7.90. The fraction of sp³-hybridized carbons (Fsp3) is 0.812. The Balaban J connectivity index is 1.87. The molecule has 0 bridgehead atoms. The molecule has 0 saturated heterocycles. The number of aliphatic hydroxyl groups excluding tert-OH is 1. The zero-order valence-corrected chi connectivity index (χ0v) is 12.4. The zero-order valence-electron chi connectivity index (χ0n) is 12.4. The minimum absolute atomic E-state index is 0.204. The molecule has 1 aromatic heterocycles. The van der Waals surface area contributed by atoms with Crippen LogP contribution in [0.1, 0.15) is 63.3 Å². The third-order valence-electron chi connectivity index (χ3n) is 4.31. The summed E-state index contributed by atoms with van der Waals surface area (Å²) in [6, 6.07) is 2.11. The standard InChI is InChI=1S/C16H28N2O/c1-3-18-15(10-13(2)17-18)12-16(19)11-14-8-6-4-5-7-9-14/h10,14,16,19H,3-9,11-12H2,1-2H3. The van der Waals surface area contributed by atoms with Crippen molar-refractivity contribution in [2.24, 2.45) is 5.92 Å². The van der Waals surface area contributed by atoms with Crippen molar-refractivity contribution in [2.75, 3.05) is 0 Å². The molecule has 1 unspecified atom stereocenters. The van der Waals surface area contributed by atoms with Gasteiger partial charge in [-0.1, -0.05) is 38.5 Å². The Morgan fingerprint density at radius 2 is 2.00 bits per heavy atom. The highest BCUT2D eigenvalue weighted by molar-refractivity contribution is 5.10. The van der Waals surface area contributed by atoms with Crippen molar-refractivity contribution in [3.05, 3.63) is 17.5 Å². The second-order valence-corrected chi connectivity index (χ2v) is 6.04. The van der Waals surface area contributed by atoms with E-state index in [0.29, 0.717) is 0 Å². The molecule has 1 aromatic rings. The summed E-state index contributed by atoms with van der Waals surface area (Å²) in [4.78, 5) is 0. The number of aliphatic hydroxyl groups is 1. The van der Waals surface area contributed by atoms with Gasteiger partial charge in [0.1, 0.15) is 0 Å². The van der Waals surface area contributed by atoms with Crippen LogP contribution >= 0.6 is 0 Å². The van der Waals surface area contributed by atoms with Crippen molar-refractivity contribution in [3.63, 3.8) is 0 Å². The van der Waals surface area contributed by atoms with E-state index in [1.807, 2.05) is 11.6 Å². The maximum absolute atomic E-state index is 10.3. The van der Waals surface area contributed by atoms with E-state index in [1.54, 1.807) is 0 Å². The lowest BCUT2D eigenvalue weighted by atomic mass is 9.92. The van der Waals surface area contributed by atoms with Crippen molar-refractivity contribution in [3.8, 4) is 0 Å². The minimum Gasteiger partial charge on any atom is -0.393 e. The second kappa shape index (κ2) is 7.09. The molecule has 0 aromatic carbocycles. The van der Waals surface area contributed by atoms with Gasteiger partial charge in [0, 0.05) is 18.7 Å². The molecule has 1 saturated carbocycles. The van der Waals surface area contributed by atoms with Gasteiger partial charge in [-0.15, -0.1) is 0 Å². The summed E-state index contributed by atoms with van der Waals surface area (Å²) in [7, 11) is 0. The Kier molecular flexibility index (Phi) is 5.44. The van der Waals surface area contributed by atoms with Gasteiger partial charge in [0.2, 0.25) is 0 Å². The molecule has 19 heavy (non-hydrogen) atoms. The smallest absolute Gasteiger partial charge is 0.0598 e. The van der Waals surface area contributed by atoms with Crippen molar-refractivity contribution >= 4 is 0 Å². The average molecular weight is 264 g/mol. The molecule has 0 radical (unpaired) electrons. The van der Waals surface area contributed by atoms with Crippen molar-refractivity contribution < 1.29 is 5.11 Å². The first-order chi connectivity index (χ1) is 9.19. The van der Waals surface area contributed by atoms with Crippen LogP contribution < -0.4 is 0 Å². The molecular formula is C16H28N2O. The Hall–Kier alpha value is -0.830. The maximum atomic E-state index is 10.3. The van der Waals surface area contributed by atoms with Crippen LogP contribution in [0.2, 0.25) is 0 Å². The molecular weight excluding hydrogens is 236 g/mol. The average Bonchev–Trinajstić information content (AvgIpc) is 2.58. The zero-order chi connectivity index (χ0) is 13.7. The van der Waals surface area contributed by atoms with Gasteiger partial charge in [-0.2, -0.15) is 5.10 Å². The molecule has 3 nitrogen and oxygen atoms in total. The summed E-state index contributed by atoms with van der Waals surface area (Å²) in [6.07, 6.45) is 9.60. The van der Waals surface area contributed by atoms with Crippen molar-refractivity contribution in [1.82, 2.24) is 9.78 Å². The van der Waals surface area contributed by atoms with E-state index in [0.717, 1.165) is 31.0 Å². The van der Waals surface area contributed by atoms with Crippen LogP contribution in [-0.4, -0.2) is 21.0 Å². The highest BCUT2D eigenvalue weighted by Crippen LogP contribution is 2.27. The summed E-state index contributed by atoms with van der Waals surface area (Å²) in [6.45, 7) is 5.01. The molecule has 0 aliphatic heterocycles. The predicted octanol–water partition coefficient (Wildman–Crippen LogP) is 3.48. The molecule has 2 rings (SSSR count). The monoisotopic (exact) mass is 264 g/mol. The molecule has 1 fully saturated rings. The van der Waals surface area contributed by atoms with Gasteiger partial charge in [0.15, 0.2) is 0 Å². The van der Waals surface area contributed by atoms with Gasteiger partial charge >= 0.3 is 0 Å². The Labute approximate surface area is 117 Å². The number of hydrogen-bond acceptors (Lipinski definition) is 2. The largest absolute Gasteiger partial charge is 0.393 e. The van der Waals surface area contributed by atoms with Crippen LogP contribution in [0.5, 0.6) is 0 Å². The normalized spacial score (nSPS) is 19.3. The maximum Gasteiger partial charge on any atom is 0.0598 e. The lowest BCUT2D eigenvalue weighted by Crippen LogP contribution is -2.18. The summed E-state index contributed by atoms with van der Waals surface area (Å²) >= 11 is 0. The Morgan fingerprint density at radius 1 is 1.32 bits per heavy atom. The molecule has 0 spiro atoms. The number of aryl methyl sites for hydroxylation is 2. The number of hydrogen-bond donors (Lipinski definition) is 1. The second-order valence-electron chi connectivity index (χ2n) is 6.04. The van der Waals surface area contributed by atoms with Crippen LogP contribution in [0.4, 0.5) is 0 Å².